The highest BCUT2D eigenvalue weighted by atomic mass is 32.2. The number of benzene rings is 1. The van der Waals surface area contributed by atoms with E-state index in [0.717, 1.165) is 27.5 Å². The number of nitrogens with zero attached hydrogens (tertiary/aromatic N) is 3. The Morgan fingerprint density at radius 1 is 1.33 bits per heavy atom. The van der Waals surface area contributed by atoms with E-state index in [1.165, 1.54) is 23.3 Å². The fourth-order valence-electron chi connectivity index (χ4n) is 1.87. The third-order valence-corrected chi connectivity index (χ3v) is 4.72. The van der Waals surface area contributed by atoms with Crippen molar-refractivity contribution in [3.05, 3.63) is 41.7 Å². The fourth-order valence-corrected chi connectivity index (χ4v) is 3.61. The molecule has 7 heteroatoms. The number of pyridine rings is 1. The molecule has 0 saturated carbocycles. The maximum absolute atomic E-state index is 7.75. The van der Waals surface area contributed by atoms with Gasteiger partial charge in [0.05, 0.1) is 5.52 Å². The number of nitrogens with two attached hydrogens (primary N) is 1. The quantitative estimate of drug-likeness (QED) is 0.570. The molecule has 0 saturated heterocycles. The van der Waals surface area contributed by atoms with Crippen LogP contribution < -0.4 is 5.73 Å². The monoisotopic (exact) mass is 315 g/mol. The van der Waals surface area contributed by atoms with Gasteiger partial charge in [0.15, 0.2) is 4.34 Å². The molecular weight excluding hydrogens is 302 g/mol. The molecule has 0 aliphatic heterocycles. The molecule has 0 unspecified atom stereocenters. The number of nitrogen functional groups attached to an aromatic ring is 1. The molecule has 0 amide bonds. The predicted octanol–water partition coefficient (Wildman–Crippen LogP) is 3.08. The molecule has 0 fully saturated rings. The Morgan fingerprint density at radius 3 is 2.86 bits per heavy atom. The Morgan fingerprint density at radius 2 is 2.14 bits per heavy atom. The van der Waals surface area contributed by atoms with Crippen LogP contribution in [0.5, 0.6) is 0 Å². The van der Waals surface area contributed by atoms with Crippen LogP contribution >= 0.6 is 23.3 Å². The number of fused-ring (bicyclic) bond motifs is 1. The van der Waals surface area contributed by atoms with Crippen LogP contribution in [0, 0.1) is 5.41 Å². The summed E-state index contributed by atoms with van der Waals surface area (Å²) < 4.78 is 5.08. The largest absolute Gasteiger partial charge is 0.384 e. The van der Waals surface area contributed by atoms with Crippen LogP contribution in [0.3, 0.4) is 0 Å². The molecule has 3 N–H and O–H groups in total. The minimum absolute atomic E-state index is 0.0102. The summed E-state index contributed by atoms with van der Waals surface area (Å²) in [6, 6.07) is 9.69. The zero-order valence-corrected chi connectivity index (χ0v) is 13.0. The maximum Gasteiger partial charge on any atom is 0.176 e. The van der Waals surface area contributed by atoms with E-state index in [2.05, 4.69) is 14.3 Å². The summed E-state index contributed by atoms with van der Waals surface area (Å²) in [6.45, 7) is 2.02. The molecular formula is C14H13N5S2. The number of rotatable bonds is 4. The van der Waals surface area contributed by atoms with Gasteiger partial charge in [-0.2, -0.15) is 4.37 Å². The zero-order chi connectivity index (χ0) is 14.8. The second kappa shape index (κ2) is 5.79. The van der Waals surface area contributed by atoms with Crippen molar-refractivity contribution in [2.45, 2.75) is 22.7 Å². The van der Waals surface area contributed by atoms with Crippen LogP contribution in [-0.2, 0) is 6.42 Å². The van der Waals surface area contributed by atoms with Crippen molar-refractivity contribution >= 4 is 40.0 Å². The van der Waals surface area contributed by atoms with Crippen LogP contribution in [-0.4, -0.2) is 20.2 Å². The maximum atomic E-state index is 7.75. The first-order valence-electron chi connectivity index (χ1n) is 6.42. The normalized spacial score (nSPS) is 10.9. The van der Waals surface area contributed by atoms with Crippen molar-refractivity contribution in [1.82, 2.24) is 14.3 Å². The van der Waals surface area contributed by atoms with Gasteiger partial charge in [-0.25, -0.2) is 9.97 Å². The standard InChI is InChI=1S/C14H13N5S2/c1-2-11-18-14(21-19-11)20-13-9(12(15)16)7-8-5-3-4-6-10(8)17-13/h3-7H,2H2,1H3,(H3,15,16). The van der Waals surface area contributed by atoms with Gasteiger partial charge in [0.2, 0.25) is 0 Å². The average molecular weight is 315 g/mol. The molecule has 2 aromatic heterocycles. The van der Waals surface area contributed by atoms with E-state index in [-0.39, 0.29) is 5.84 Å². The highest BCUT2D eigenvalue weighted by Gasteiger charge is 2.13. The van der Waals surface area contributed by atoms with E-state index in [0.29, 0.717) is 10.6 Å². The second-order valence-electron chi connectivity index (χ2n) is 4.38. The SMILES string of the molecule is CCc1nsc(Sc2nc3ccccc3cc2C(=N)N)n1. The number of nitrogens with one attached hydrogen (secondary N) is 1. The van der Waals surface area contributed by atoms with Gasteiger partial charge in [0, 0.05) is 17.4 Å². The van der Waals surface area contributed by atoms with Gasteiger partial charge in [0.25, 0.3) is 0 Å². The average Bonchev–Trinajstić information content (AvgIpc) is 2.94. The number of aromatic nitrogens is 3. The van der Waals surface area contributed by atoms with Crippen molar-refractivity contribution < 1.29 is 0 Å². The predicted molar refractivity (Wildman–Crippen MR) is 86.2 cm³/mol. The highest BCUT2D eigenvalue weighted by Crippen LogP contribution is 2.31. The first-order chi connectivity index (χ1) is 10.2. The molecule has 3 rings (SSSR count). The van der Waals surface area contributed by atoms with Crippen molar-refractivity contribution in [3.63, 3.8) is 0 Å². The first kappa shape index (κ1) is 14.0. The Balaban J connectivity index is 2.06. The van der Waals surface area contributed by atoms with E-state index in [1.807, 2.05) is 37.3 Å². The third-order valence-electron chi connectivity index (χ3n) is 2.93. The minimum Gasteiger partial charge on any atom is -0.384 e. The number of para-hydroxylation sites is 1. The Kier molecular flexibility index (Phi) is 3.85. The first-order valence-corrected chi connectivity index (χ1v) is 8.01. The molecule has 0 radical (unpaired) electrons. The van der Waals surface area contributed by atoms with E-state index in [1.54, 1.807) is 0 Å². The minimum atomic E-state index is 0.0102. The fraction of sp³-hybridized carbons (Fsp3) is 0.143. The van der Waals surface area contributed by atoms with Gasteiger partial charge in [-0.15, -0.1) is 0 Å². The molecule has 106 valence electrons. The topological polar surface area (TPSA) is 88.5 Å². The van der Waals surface area contributed by atoms with Crippen LogP contribution in [0.25, 0.3) is 10.9 Å². The van der Waals surface area contributed by atoms with E-state index in [9.17, 15) is 0 Å². The van der Waals surface area contributed by atoms with Crippen LogP contribution in [0.2, 0.25) is 0 Å². The molecule has 2 heterocycles. The molecule has 21 heavy (non-hydrogen) atoms. The number of aryl methyl sites for hydroxylation is 1. The van der Waals surface area contributed by atoms with Crippen molar-refractivity contribution in [2.75, 3.05) is 0 Å². The van der Waals surface area contributed by atoms with E-state index in [4.69, 9.17) is 11.1 Å². The molecule has 0 spiro atoms. The highest BCUT2D eigenvalue weighted by molar-refractivity contribution is 8.01. The molecule has 5 nitrogen and oxygen atoms in total. The smallest absolute Gasteiger partial charge is 0.176 e. The van der Waals surface area contributed by atoms with E-state index >= 15 is 0 Å². The summed E-state index contributed by atoms with van der Waals surface area (Å²) in [5.74, 6) is 0.837. The zero-order valence-electron chi connectivity index (χ0n) is 11.3. The van der Waals surface area contributed by atoms with Gasteiger partial charge >= 0.3 is 0 Å². The van der Waals surface area contributed by atoms with Gasteiger partial charge in [0.1, 0.15) is 16.7 Å². The van der Waals surface area contributed by atoms with Crippen LogP contribution in [0.4, 0.5) is 0 Å². The molecule has 0 aliphatic carbocycles. The lowest BCUT2D eigenvalue weighted by Crippen LogP contribution is -2.13. The lowest BCUT2D eigenvalue weighted by atomic mass is 10.1. The van der Waals surface area contributed by atoms with E-state index < -0.39 is 0 Å². The summed E-state index contributed by atoms with van der Waals surface area (Å²) in [7, 11) is 0. The second-order valence-corrected chi connectivity index (χ2v) is 6.37. The lowest BCUT2D eigenvalue weighted by molar-refractivity contribution is 0.970. The number of hydrogen-bond acceptors (Lipinski definition) is 6. The van der Waals surface area contributed by atoms with Gasteiger partial charge in [-0.05, 0) is 35.4 Å². The van der Waals surface area contributed by atoms with Crippen molar-refractivity contribution in [1.29, 1.82) is 5.41 Å². The molecule has 0 bridgehead atoms. The Labute approximate surface area is 130 Å². The third kappa shape index (κ3) is 2.88. The number of hydrogen-bond donors (Lipinski definition) is 2. The Hall–Kier alpha value is -1.99. The Bertz CT molecular complexity index is 812. The van der Waals surface area contributed by atoms with Gasteiger partial charge in [-0.1, -0.05) is 25.1 Å². The molecule has 3 aromatic rings. The van der Waals surface area contributed by atoms with Crippen molar-refractivity contribution in [2.24, 2.45) is 5.73 Å². The summed E-state index contributed by atoms with van der Waals surface area (Å²) in [6.07, 6.45) is 0.807. The lowest BCUT2D eigenvalue weighted by Gasteiger charge is -2.07. The number of amidine groups is 1. The summed E-state index contributed by atoms with van der Waals surface area (Å²) in [5, 5.41) is 9.42. The molecule has 0 aliphatic rings. The summed E-state index contributed by atoms with van der Waals surface area (Å²) in [5.41, 5.74) is 7.20. The summed E-state index contributed by atoms with van der Waals surface area (Å²) in [4.78, 5) is 9.03. The molecule has 1 aromatic carbocycles. The van der Waals surface area contributed by atoms with Gasteiger partial charge in [-0.3, -0.25) is 5.41 Å². The van der Waals surface area contributed by atoms with Crippen LogP contribution in [0.1, 0.15) is 18.3 Å². The summed E-state index contributed by atoms with van der Waals surface area (Å²) >= 11 is 2.75. The van der Waals surface area contributed by atoms with Crippen LogP contribution in [0.15, 0.2) is 39.7 Å². The van der Waals surface area contributed by atoms with Gasteiger partial charge < -0.3 is 5.73 Å². The molecule has 0 atom stereocenters. The van der Waals surface area contributed by atoms with Crippen molar-refractivity contribution in [3.8, 4) is 0 Å².